The average Bonchev–Trinajstić information content (AvgIpc) is 2.90. The van der Waals surface area contributed by atoms with Gasteiger partial charge in [0.1, 0.15) is 14.5 Å². The number of hydrogen-bond acceptors (Lipinski definition) is 5. The number of hydrogen-bond donors (Lipinski definition) is 1. The SMILES string of the molecule is CCCS(=O)(=O)Nc1ccc(-n2nc(I)c3cnc(Cl)cc32)c(OC(F)F)c1. The van der Waals surface area contributed by atoms with Crippen molar-refractivity contribution in [2.24, 2.45) is 0 Å². The normalized spacial score (nSPS) is 11.9. The zero-order chi connectivity index (χ0) is 20.5. The second kappa shape index (κ2) is 8.33. The van der Waals surface area contributed by atoms with Crippen LogP contribution in [0.25, 0.3) is 16.6 Å². The molecule has 0 spiro atoms. The molecule has 3 rings (SSSR count). The first kappa shape index (κ1) is 21.0. The highest BCUT2D eigenvalue weighted by atomic mass is 127. The van der Waals surface area contributed by atoms with Gasteiger partial charge in [0.05, 0.1) is 22.3 Å². The molecule has 2 aromatic heterocycles. The largest absolute Gasteiger partial charge is 0.432 e. The minimum absolute atomic E-state index is 0.0900. The Morgan fingerprint density at radius 2 is 2.11 bits per heavy atom. The maximum absolute atomic E-state index is 13.0. The number of alkyl halides is 2. The van der Waals surface area contributed by atoms with Crippen molar-refractivity contribution < 1.29 is 21.9 Å². The first-order valence-electron chi connectivity index (χ1n) is 7.99. The number of ether oxygens (including phenoxy) is 1. The van der Waals surface area contributed by atoms with Crippen LogP contribution in [0.4, 0.5) is 14.5 Å². The monoisotopic (exact) mass is 542 g/mol. The van der Waals surface area contributed by atoms with Gasteiger partial charge in [-0.25, -0.2) is 18.1 Å². The van der Waals surface area contributed by atoms with E-state index in [9.17, 15) is 17.2 Å². The van der Waals surface area contributed by atoms with Crippen molar-refractivity contribution in [3.05, 3.63) is 39.3 Å². The van der Waals surface area contributed by atoms with Crippen molar-refractivity contribution in [2.45, 2.75) is 20.0 Å². The topological polar surface area (TPSA) is 86.1 Å². The molecule has 0 bridgehead atoms. The average molecular weight is 543 g/mol. The third-order valence-electron chi connectivity index (χ3n) is 3.64. The summed E-state index contributed by atoms with van der Waals surface area (Å²) in [6, 6.07) is 5.64. The van der Waals surface area contributed by atoms with Crippen LogP contribution in [-0.2, 0) is 10.0 Å². The van der Waals surface area contributed by atoms with E-state index in [1.54, 1.807) is 13.0 Å². The summed E-state index contributed by atoms with van der Waals surface area (Å²) >= 11 is 7.95. The molecule has 2 heterocycles. The van der Waals surface area contributed by atoms with Crippen molar-refractivity contribution in [1.82, 2.24) is 14.8 Å². The van der Waals surface area contributed by atoms with E-state index in [1.165, 1.54) is 29.1 Å². The number of sulfonamides is 1. The molecule has 12 heteroatoms. The quantitative estimate of drug-likeness (QED) is 0.353. The summed E-state index contributed by atoms with van der Waals surface area (Å²) in [6.07, 6.45) is 1.95. The molecular weight excluding hydrogens is 529 g/mol. The van der Waals surface area contributed by atoms with Crippen molar-refractivity contribution >= 4 is 60.8 Å². The number of rotatable bonds is 7. The molecule has 0 fully saturated rings. The second-order valence-electron chi connectivity index (χ2n) is 5.71. The van der Waals surface area contributed by atoms with E-state index in [0.29, 0.717) is 21.0 Å². The van der Waals surface area contributed by atoms with E-state index in [2.05, 4.69) is 19.5 Å². The first-order chi connectivity index (χ1) is 13.2. The summed E-state index contributed by atoms with van der Waals surface area (Å²) in [5, 5.41) is 5.24. The zero-order valence-corrected chi connectivity index (χ0v) is 18.1. The highest BCUT2D eigenvalue weighted by molar-refractivity contribution is 14.1. The Balaban J connectivity index is 2.12. The summed E-state index contributed by atoms with van der Waals surface area (Å²) in [6.45, 7) is -1.38. The standard InChI is InChI=1S/C16H14ClF2IN4O3S/c1-2-5-28(25,26)23-9-3-4-11(13(6-9)27-16(18)19)24-12-7-14(17)21-8-10(12)15(20)22-24/h3-4,6-8,16,23H,2,5H2,1H3. The Labute approximate surface area is 178 Å². The maximum atomic E-state index is 13.0. The lowest BCUT2D eigenvalue weighted by Crippen LogP contribution is -2.16. The Morgan fingerprint density at radius 1 is 1.36 bits per heavy atom. The van der Waals surface area contributed by atoms with Crippen molar-refractivity contribution in [2.75, 3.05) is 10.5 Å². The van der Waals surface area contributed by atoms with Gasteiger partial charge >= 0.3 is 6.61 Å². The number of benzene rings is 1. The van der Waals surface area contributed by atoms with Crippen molar-refractivity contribution in [3.8, 4) is 11.4 Å². The Hall–Kier alpha value is -1.73. The van der Waals surface area contributed by atoms with E-state index < -0.39 is 16.6 Å². The smallest absolute Gasteiger partial charge is 0.387 e. The van der Waals surface area contributed by atoms with E-state index in [4.69, 9.17) is 11.6 Å². The van der Waals surface area contributed by atoms with Gasteiger partial charge in [-0.2, -0.15) is 13.9 Å². The molecule has 0 unspecified atom stereocenters. The van der Waals surface area contributed by atoms with E-state index in [0.717, 1.165) is 0 Å². The lowest BCUT2D eigenvalue weighted by atomic mass is 10.2. The fourth-order valence-corrected chi connectivity index (χ4v) is 4.48. The Morgan fingerprint density at radius 3 is 2.79 bits per heavy atom. The summed E-state index contributed by atoms with van der Waals surface area (Å²) in [5.74, 6) is -0.326. The predicted molar refractivity (Wildman–Crippen MR) is 111 cm³/mol. The molecule has 7 nitrogen and oxygen atoms in total. The summed E-state index contributed by atoms with van der Waals surface area (Å²) in [7, 11) is -3.59. The highest BCUT2D eigenvalue weighted by Crippen LogP contribution is 2.32. The molecule has 0 radical (unpaired) electrons. The molecule has 0 aliphatic rings. The highest BCUT2D eigenvalue weighted by Gasteiger charge is 2.19. The minimum Gasteiger partial charge on any atom is -0.432 e. The second-order valence-corrected chi connectivity index (χ2v) is 8.96. The molecule has 28 heavy (non-hydrogen) atoms. The van der Waals surface area contributed by atoms with Crippen LogP contribution in [0.1, 0.15) is 13.3 Å². The first-order valence-corrected chi connectivity index (χ1v) is 11.1. The van der Waals surface area contributed by atoms with Crippen LogP contribution in [0.5, 0.6) is 5.75 Å². The Bertz CT molecular complexity index is 1120. The number of nitrogens with zero attached hydrogens (tertiary/aromatic N) is 3. The van der Waals surface area contributed by atoms with Gasteiger partial charge in [-0.1, -0.05) is 18.5 Å². The number of anilines is 1. The van der Waals surface area contributed by atoms with Crippen LogP contribution in [0.15, 0.2) is 30.5 Å². The lowest BCUT2D eigenvalue weighted by molar-refractivity contribution is -0.0498. The maximum Gasteiger partial charge on any atom is 0.387 e. The van der Waals surface area contributed by atoms with Crippen LogP contribution in [0.3, 0.4) is 0 Å². The van der Waals surface area contributed by atoms with Gasteiger partial charge in [-0.3, -0.25) is 4.72 Å². The molecule has 0 atom stereocenters. The van der Waals surface area contributed by atoms with Gasteiger partial charge in [0, 0.05) is 18.3 Å². The molecular formula is C16H14ClF2IN4O3S. The minimum atomic E-state index is -3.59. The molecule has 0 saturated carbocycles. The molecule has 0 saturated heterocycles. The van der Waals surface area contributed by atoms with Gasteiger partial charge in [0.25, 0.3) is 0 Å². The van der Waals surface area contributed by atoms with Crippen molar-refractivity contribution in [1.29, 1.82) is 0 Å². The third kappa shape index (κ3) is 4.63. The molecule has 150 valence electrons. The van der Waals surface area contributed by atoms with Gasteiger partial charge in [-0.15, -0.1) is 0 Å². The van der Waals surface area contributed by atoms with Crippen LogP contribution < -0.4 is 9.46 Å². The van der Waals surface area contributed by atoms with Crippen LogP contribution in [0, 0.1) is 3.70 Å². The zero-order valence-electron chi connectivity index (χ0n) is 14.4. The molecule has 3 aromatic rings. The van der Waals surface area contributed by atoms with E-state index >= 15 is 0 Å². The number of fused-ring (bicyclic) bond motifs is 1. The van der Waals surface area contributed by atoms with E-state index in [1.807, 2.05) is 22.6 Å². The van der Waals surface area contributed by atoms with Crippen LogP contribution in [-0.4, -0.2) is 35.5 Å². The third-order valence-corrected chi connectivity index (χ3v) is 6.13. The van der Waals surface area contributed by atoms with Gasteiger partial charge in [-0.05, 0) is 41.1 Å². The van der Waals surface area contributed by atoms with E-state index in [-0.39, 0.29) is 28.0 Å². The number of aromatic nitrogens is 3. The fraction of sp³-hybridized carbons (Fsp3) is 0.250. The number of pyridine rings is 1. The van der Waals surface area contributed by atoms with Crippen LogP contribution >= 0.6 is 34.2 Å². The lowest BCUT2D eigenvalue weighted by Gasteiger charge is -2.14. The molecule has 1 aromatic carbocycles. The molecule has 1 N–H and O–H groups in total. The van der Waals surface area contributed by atoms with Gasteiger partial charge in [0.15, 0.2) is 5.75 Å². The number of nitrogens with one attached hydrogen (secondary N) is 1. The molecule has 0 amide bonds. The molecule has 0 aliphatic carbocycles. The Kier molecular flexibility index (Phi) is 6.25. The molecule has 0 aliphatic heterocycles. The van der Waals surface area contributed by atoms with Crippen molar-refractivity contribution in [3.63, 3.8) is 0 Å². The summed E-state index contributed by atoms with van der Waals surface area (Å²) < 4.78 is 58.8. The number of halogens is 4. The van der Waals surface area contributed by atoms with Gasteiger partial charge < -0.3 is 4.74 Å². The summed E-state index contributed by atoms with van der Waals surface area (Å²) in [5.41, 5.74) is 0.857. The van der Waals surface area contributed by atoms with Crippen LogP contribution in [0.2, 0.25) is 5.15 Å². The summed E-state index contributed by atoms with van der Waals surface area (Å²) in [4.78, 5) is 4.00. The fourth-order valence-electron chi connectivity index (χ4n) is 2.58. The van der Waals surface area contributed by atoms with Gasteiger partial charge in [0.2, 0.25) is 10.0 Å². The predicted octanol–water partition coefficient (Wildman–Crippen LogP) is 4.43.